The molecule has 1 amide bonds. The van der Waals surface area contributed by atoms with Crippen molar-refractivity contribution in [2.24, 2.45) is 11.8 Å². The predicted molar refractivity (Wildman–Crippen MR) is 137 cm³/mol. The maximum atomic E-state index is 13.7. The first-order valence-electron chi connectivity index (χ1n) is 13.0. The lowest BCUT2D eigenvalue weighted by Crippen LogP contribution is -2.44. The maximum absolute atomic E-state index is 13.7. The molecule has 11 heteroatoms. The Morgan fingerprint density at radius 2 is 1.79 bits per heavy atom. The van der Waals surface area contributed by atoms with Crippen molar-refractivity contribution < 1.29 is 22.7 Å². The van der Waals surface area contributed by atoms with E-state index in [0.29, 0.717) is 70.1 Å². The van der Waals surface area contributed by atoms with Crippen LogP contribution in [0.5, 0.6) is 0 Å². The average molecular weight is 531 g/mol. The van der Waals surface area contributed by atoms with Gasteiger partial charge in [-0.05, 0) is 55.7 Å². The van der Waals surface area contributed by atoms with E-state index in [1.54, 1.807) is 30.2 Å². The topological polar surface area (TPSA) is 94.4 Å². The summed E-state index contributed by atoms with van der Waals surface area (Å²) >= 11 is 0. The normalized spacial score (nSPS) is 18.8. The summed E-state index contributed by atoms with van der Waals surface area (Å²) in [6.07, 6.45) is -1.06. The Balaban J connectivity index is 1.41. The first kappa shape index (κ1) is 27.6. The minimum atomic E-state index is -4.67. The number of carbonyl (C=O) groups excluding carboxylic acids is 1. The molecule has 0 bridgehead atoms. The second kappa shape index (κ2) is 12.4. The highest BCUT2D eigenvalue weighted by Gasteiger charge is 2.37. The van der Waals surface area contributed by atoms with Crippen LogP contribution in [0, 0.1) is 23.2 Å². The monoisotopic (exact) mass is 530 g/mol. The predicted octanol–water partition coefficient (Wildman–Crippen LogP) is 3.81. The molecule has 0 radical (unpaired) electrons. The molecule has 0 saturated carbocycles. The third-order valence-electron chi connectivity index (χ3n) is 7.21. The quantitative estimate of drug-likeness (QED) is 0.555. The summed E-state index contributed by atoms with van der Waals surface area (Å²) in [6, 6.07) is 10.9. The van der Waals surface area contributed by atoms with Crippen molar-refractivity contribution in [3.63, 3.8) is 0 Å². The van der Waals surface area contributed by atoms with Gasteiger partial charge < -0.3 is 19.9 Å². The van der Waals surface area contributed by atoms with Crippen molar-refractivity contribution in [3.8, 4) is 6.07 Å². The number of rotatable bonds is 8. The molecule has 8 nitrogen and oxygen atoms in total. The van der Waals surface area contributed by atoms with E-state index in [1.807, 2.05) is 17.0 Å². The molecule has 0 spiro atoms. The Kier molecular flexibility index (Phi) is 9.05. The first-order chi connectivity index (χ1) is 18.3. The number of hydrogen-bond acceptors (Lipinski definition) is 7. The van der Waals surface area contributed by atoms with Gasteiger partial charge in [-0.2, -0.15) is 18.4 Å². The molecule has 204 valence electrons. The molecule has 0 unspecified atom stereocenters. The fraction of sp³-hybridized carbons (Fsp3) is 0.556. The number of benzene rings is 1. The highest BCUT2D eigenvalue weighted by Crippen LogP contribution is 2.33. The molecule has 2 fully saturated rings. The lowest BCUT2D eigenvalue weighted by Gasteiger charge is -2.35. The van der Waals surface area contributed by atoms with Crippen molar-refractivity contribution in [1.82, 2.24) is 15.3 Å². The number of nitrogens with one attached hydrogen (secondary N) is 1. The van der Waals surface area contributed by atoms with E-state index in [9.17, 15) is 18.0 Å². The number of piperidine rings is 2. The van der Waals surface area contributed by atoms with Crippen LogP contribution in [0.25, 0.3) is 0 Å². The number of amides is 1. The lowest BCUT2D eigenvalue weighted by molar-refractivity contribution is -0.144. The fourth-order valence-corrected chi connectivity index (χ4v) is 5.06. The van der Waals surface area contributed by atoms with Crippen LogP contribution in [0.15, 0.2) is 30.3 Å². The Bertz CT molecular complexity index is 1130. The van der Waals surface area contributed by atoms with Gasteiger partial charge >= 0.3 is 6.18 Å². The van der Waals surface area contributed by atoms with E-state index in [2.05, 4.69) is 21.4 Å². The molecule has 1 N–H and O–H groups in total. The number of hydrogen-bond donors (Lipinski definition) is 1. The van der Waals surface area contributed by atoms with Gasteiger partial charge in [-0.25, -0.2) is 9.97 Å². The zero-order chi connectivity index (χ0) is 27.1. The summed E-state index contributed by atoms with van der Waals surface area (Å²) in [4.78, 5) is 24.3. The third-order valence-corrected chi connectivity index (χ3v) is 7.21. The van der Waals surface area contributed by atoms with Crippen LogP contribution in [-0.2, 0) is 22.1 Å². The highest BCUT2D eigenvalue weighted by atomic mass is 19.4. The molecule has 4 rings (SSSR count). The zero-order valence-electron chi connectivity index (χ0n) is 21.5. The minimum Gasteiger partial charge on any atom is -0.384 e. The molecular weight excluding hydrogens is 497 g/mol. The summed E-state index contributed by atoms with van der Waals surface area (Å²) in [6.45, 7) is 3.11. The Morgan fingerprint density at radius 1 is 1.11 bits per heavy atom. The van der Waals surface area contributed by atoms with E-state index in [1.165, 1.54) is 0 Å². The van der Waals surface area contributed by atoms with E-state index in [-0.39, 0.29) is 23.5 Å². The van der Waals surface area contributed by atoms with Gasteiger partial charge in [0.1, 0.15) is 11.6 Å². The van der Waals surface area contributed by atoms with Gasteiger partial charge in [0.15, 0.2) is 0 Å². The van der Waals surface area contributed by atoms with Crippen LogP contribution in [0.1, 0.15) is 42.6 Å². The lowest BCUT2D eigenvalue weighted by atomic mass is 9.96. The van der Waals surface area contributed by atoms with Crippen LogP contribution in [0.2, 0.25) is 0 Å². The van der Waals surface area contributed by atoms with Crippen molar-refractivity contribution in [2.45, 2.75) is 38.3 Å². The number of carbonyl (C=O) groups is 1. The number of methoxy groups -OCH3 is 1. The SMILES string of the molecule is COCC1CCN(c2cc(N3CCC[C@@H](C(=O)NCCc4ccc(C#N)cc4)C3)nc(C(F)(F)F)n2)CC1. The molecule has 2 aromatic rings. The van der Waals surface area contributed by atoms with Crippen LogP contribution in [0.3, 0.4) is 0 Å². The number of anilines is 2. The molecule has 2 aliphatic heterocycles. The third kappa shape index (κ3) is 7.13. The Morgan fingerprint density at radius 3 is 2.42 bits per heavy atom. The second-order valence-electron chi connectivity index (χ2n) is 9.93. The number of nitriles is 1. The average Bonchev–Trinajstić information content (AvgIpc) is 2.93. The molecule has 38 heavy (non-hydrogen) atoms. The largest absolute Gasteiger partial charge is 0.451 e. The van der Waals surface area contributed by atoms with Crippen molar-refractivity contribution in [1.29, 1.82) is 5.26 Å². The second-order valence-corrected chi connectivity index (χ2v) is 9.93. The summed E-state index contributed by atoms with van der Waals surface area (Å²) in [7, 11) is 1.65. The van der Waals surface area contributed by atoms with E-state index in [0.717, 1.165) is 18.4 Å². The molecule has 2 saturated heterocycles. The summed E-state index contributed by atoms with van der Waals surface area (Å²) < 4.78 is 46.4. The molecule has 1 aromatic carbocycles. The number of alkyl halides is 3. The van der Waals surface area contributed by atoms with Crippen LogP contribution in [-0.4, -0.2) is 62.3 Å². The number of ether oxygens (including phenoxy) is 1. The summed E-state index contributed by atoms with van der Waals surface area (Å²) in [5.74, 6) is -0.754. The van der Waals surface area contributed by atoms with Gasteiger partial charge in [0.05, 0.1) is 17.6 Å². The smallest absolute Gasteiger partial charge is 0.384 e. The maximum Gasteiger partial charge on any atom is 0.451 e. The number of halogens is 3. The molecule has 0 aliphatic carbocycles. The Hall–Kier alpha value is -3.39. The van der Waals surface area contributed by atoms with Crippen molar-refractivity contribution in [3.05, 3.63) is 47.3 Å². The summed E-state index contributed by atoms with van der Waals surface area (Å²) in [5, 5.41) is 11.9. The Labute approximate surface area is 220 Å². The van der Waals surface area contributed by atoms with Crippen LogP contribution < -0.4 is 15.1 Å². The summed E-state index contributed by atoms with van der Waals surface area (Å²) in [5.41, 5.74) is 1.59. The van der Waals surface area contributed by atoms with Gasteiger partial charge in [0.25, 0.3) is 0 Å². The highest BCUT2D eigenvalue weighted by molar-refractivity contribution is 5.79. The molecule has 1 aromatic heterocycles. The van der Waals surface area contributed by atoms with Crippen LogP contribution >= 0.6 is 0 Å². The van der Waals surface area contributed by atoms with Crippen molar-refractivity contribution >= 4 is 17.5 Å². The van der Waals surface area contributed by atoms with Gasteiger partial charge in [0.2, 0.25) is 11.7 Å². The van der Waals surface area contributed by atoms with Crippen LogP contribution in [0.4, 0.5) is 24.8 Å². The number of aromatic nitrogens is 2. The minimum absolute atomic E-state index is 0.117. The van der Waals surface area contributed by atoms with E-state index >= 15 is 0 Å². The molecular formula is C27H33F3N6O2. The molecule has 3 heterocycles. The van der Waals surface area contributed by atoms with Gasteiger partial charge in [-0.3, -0.25) is 4.79 Å². The fourth-order valence-electron chi connectivity index (χ4n) is 5.06. The van der Waals surface area contributed by atoms with E-state index < -0.39 is 12.0 Å². The van der Waals surface area contributed by atoms with Gasteiger partial charge in [0, 0.05) is 52.5 Å². The van der Waals surface area contributed by atoms with Gasteiger partial charge in [-0.15, -0.1) is 0 Å². The molecule has 2 aliphatic rings. The van der Waals surface area contributed by atoms with Crippen molar-refractivity contribution in [2.75, 3.05) is 56.2 Å². The molecule has 1 atom stereocenters. The standard InChI is InChI=1S/C27H33F3N6O2/c1-38-18-21-9-13-35(14-10-21)23-15-24(34-26(33-23)27(28,29)30)36-12-2-3-22(17-36)25(37)32-11-8-19-4-6-20(16-31)7-5-19/h4-7,15,21-22H,2-3,8-14,17-18H2,1H3,(H,32,37)/t22-/m1/s1. The van der Waals surface area contributed by atoms with Gasteiger partial charge in [-0.1, -0.05) is 12.1 Å². The van der Waals surface area contributed by atoms with E-state index in [4.69, 9.17) is 10.00 Å². The first-order valence-corrected chi connectivity index (χ1v) is 13.0. The number of nitrogens with zero attached hydrogens (tertiary/aromatic N) is 5. The zero-order valence-corrected chi connectivity index (χ0v) is 21.5.